The summed E-state index contributed by atoms with van der Waals surface area (Å²) in [6.45, 7) is 3.56. The van der Waals surface area contributed by atoms with E-state index in [2.05, 4.69) is 12.2 Å². The van der Waals surface area contributed by atoms with Crippen molar-refractivity contribution in [3.8, 4) is 0 Å². The molecule has 2 rings (SSSR count). The Bertz CT molecular complexity index is 507. The maximum Gasteiger partial charge on any atom is 0.244 e. The number of amides is 1. The molecule has 3 nitrogen and oxygen atoms in total. The zero-order valence-corrected chi connectivity index (χ0v) is 13.5. The fourth-order valence-electron chi connectivity index (χ4n) is 2.34. The van der Waals surface area contributed by atoms with Gasteiger partial charge in [-0.1, -0.05) is 41.7 Å². The van der Waals surface area contributed by atoms with Crippen molar-refractivity contribution < 1.29 is 4.79 Å². The summed E-state index contributed by atoms with van der Waals surface area (Å²) in [6, 6.07) is 3.10. The zero-order valence-electron chi connectivity index (χ0n) is 11.3. The molecule has 0 saturated carbocycles. The van der Waals surface area contributed by atoms with Crippen LogP contribution in [0.15, 0.2) is 12.1 Å². The quantitative estimate of drug-likeness (QED) is 0.839. The number of piperidine rings is 1. The van der Waals surface area contributed by atoms with Gasteiger partial charge in [0.25, 0.3) is 0 Å². The third kappa shape index (κ3) is 3.40. The van der Waals surface area contributed by atoms with Crippen LogP contribution in [0.5, 0.6) is 0 Å². The first kappa shape index (κ1) is 15.9. The van der Waals surface area contributed by atoms with Gasteiger partial charge in [0.15, 0.2) is 0 Å². The van der Waals surface area contributed by atoms with Crippen LogP contribution in [0.3, 0.4) is 0 Å². The van der Waals surface area contributed by atoms with Gasteiger partial charge in [-0.2, -0.15) is 0 Å². The van der Waals surface area contributed by atoms with E-state index in [0.717, 1.165) is 25.8 Å². The summed E-state index contributed by atoms with van der Waals surface area (Å²) in [4.78, 5) is 14.2. The first-order valence-electron chi connectivity index (χ1n) is 6.74. The van der Waals surface area contributed by atoms with E-state index < -0.39 is 0 Å². The van der Waals surface area contributed by atoms with Crippen LogP contribution in [0.2, 0.25) is 15.1 Å². The number of anilines is 1. The minimum atomic E-state index is -0.144. The van der Waals surface area contributed by atoms with E-state index in [1.807, 2.05) is 0 Å². The van der Waals surface area contributed by atoms with Crippen LogP contribution in [0.4, 0.5) is 5.69 Å². The lowest BCUT2D eigenvalue weighted by Gasteiger charge is -2.33. The number of carbonyl (C=O) groups is 1. The molecule has 6 heteroatoms. The van der Waals surface area contributed by atoms with E-state index in [4.69, 9.17) is 34.8 Å². The molecule has 1 aromatic carbocycles. The number of rotatable bonds is 4. The molecule has 1 atom stereocenters. The Morgan fingerprint density at radius 1 is 1.25 bits per heavy atom. The highest BCUT2D eigenvalue weighted by atomic mass is 35.5. The molecule has 0 spiro atoms. The van der Waals surface area contributed by atoms with Gasteiger partial charge in [0.2, 0.25) is 5.91 Å². The molecule has 1 aliphatic heterocycles. The molecule has 20 heavy (non-hydrogen) atoms. The van der Waals surface area contributed by atoms with E-state index in [1.165, 1.54) is 0 Å². The van der Waals surface area contributed by atoms with E-state index in [0.29, 0.717) is 27.3 Å². The fraction of sp³-hybridized carbons (Fsp3) is 0.500. The maximum absolute atomic E-state index is 12.5. The Kier molecular flexibility index (Phi) is 5.56. The lowest BCUT2D eigenvalue weighted by Crippen LogP contribution is -2.51. The molecule has 1 heterocycles. The predicted octanol–water partition coefficient (Wildman–Crippen LogP) is 4.14. The van der Waals surface area contributed by atoms with Crippen LogP contribution in [0.1, 0.15) is 26.2 Å². The fourth-order valence-corrected chi connectivity index (χ4v) is 2.98. The molecule has 1 N–H and O–H groups in total. The molecule has 0 bridgehead atoms. The number of nitrogens with one attached hydrogen (secondary N) is 1. The summed E-state index contributed by atoms with van der Waals surface area (Å²) in [6.07, 6.45) is 2.79. The minimum absolute atomic E-state index is 0.0463. The highest BCUT2D eigenvalue weighted by Crippen LogP contribution is 2.35. The van der Waals surface area contributed by atoms with Gasteiger partial charge in [-0.05, 0) is 37.9 Å². The monoisotopic (exact) mass is 334 g/mol. The van der Waals surface area contributed by atoms with Crippen LogP contribution in [0, 0.1) is 0 Å². The second-order valence-electron chi connectivity index (χ2n) is 4.86. The summed E-state index contributed by atoms with van der Waals surface area (Å²) in [7, 11) is 0. The molecular weight excluding hydrogens is 319 g/mol. The van der Waals surface area contributed by atoms with Crippen molar-refractivity contribution in [3.63, 3.8) is 0 Å². The summed E-state index contributed by atoms with van der Waals surface area (Å²) >= 11 is 18.1. The lowest BCUT2D eigenvalue weighted by atomic mass is 10.0. The van der Waals surface area contributed by atoms with E-state index in [9.17, 15) is 4.79 Å². The number of nitrogens with zero attached hydrogens (tertiary/aromatic N) is 1. The average molecular weight is 336 g/mol. The van der Waals surface area contributed by atoms with E-state index in [-0.39, 0.29) is 11.9 Å². The first-order chi connectivity index (χ1) is 9.54. The number of hydrogen-bond acceptors (Lipinski definition) is 2. The maximum atomic E-state index is 12.5. The van der Waals surface area contributed by atoms with Gasteiger partial charge in [-0.15, -0.1) is 0 Å². The minimum Gasteiger partial charge on any atom is -0.310 e. The Morgan fingerprint density at radius 2 is 1.95 bits per heavy atom. The number of hydrogen-bond donors (Lipinski definition) is 1. The SMILES string of the molecule is CCCNC1CCCN(c2cc(Cl)c(Cl)cc2Cl)C1=O. The number of halogens is 3. The van der Waals surface area contributed by atoms with Crippen molar-refractivity contribution in [1.29, 1.82) is 0 Å². The highest BCUT2D eigenvalue weighted by molar-refractivity contribution is 6.44. The molecule has 1 aromatic rings. The third-order valence-corrected chi connectivity index (χ3v) is 4.38. The second-order valence-corrected chi connectivity index (χ2v) is 6.08. The van der Waals surface area contributed by atoms with Gasteiger partial charge in [-0.3, -0.25) is 4.79 Å². The molecule has 0 aromatic heterocycles. The molecule has 110 valence electrons. The van der Waals surface area contributed by atoms with Gasteiger partial charge in [-0.25, -0.2) is 0 Å². The Hall–Kier alpha value is -0.480. The van der Waals surface area contributed by atoms with Crippen molar-refractivity contribution in [3.05, 3.63) is 27.2 Å². The largest absolute Gasteiger partial charge is 0.310 e. The van der Waals surface area contributed by atoms with Crippen LogP contribution in [-0.2, 0) is 4.79 Å². The Balaban J connectivity index is 2.23. The van der Waals surface area contributed by atoms with E-state index >= 15 is 0 Å². The molecule has 1 fully saturated rings. The van der Waals surface area contributed by atoms with Gasteiger partial charge >= 0.3 is 0 Å². The van der Waals surface area contributed by atoms with Crippen LogP contribution >= 0.6 is 34.8 Å². The molecule has 0 aliphatic carbocycles. The van der Waals surface area contributed by atoms with Crippen LogP contribution < -0.4 is 10.2 Å². The van der Waals surface area contributed by atoms with Crippen molar-refractivity contribution >= 4 is 46.4 Å². The van der Waals surface area contributed by atoms with Crippen molar-refractivity contribution in [2.75, 3.05) is 18.0 Å². The van der Waals surface area contributed by atoms with Crippen molar-refractivity contribution in [1.82, 2.24) is 5.32 Å². The lowest BCUT2D eigenvalue weighted by molar-refractivity contribution is -0.121. The number of carbonyl (C=O) groups excluding carboxylic acids is 1. The van der Waals surface area contributed by atoms with E-state index in [1.54, 1.807) is 17.0 Å². The van der Waals surface area contributed by atoms with Crippen LogP contribution in [-0.4, -0.2) is 25.0 Å². The Morgan fingerprint density at radius 3 is 2.65 bits per heavy atom. The molecule has 1 unspecified atom stereocenters. The summed E-state index contributed by atoms with van der Waals surface area (Å²) < 4.78 is 0. The van der Waals surface area contributed by atoms with Gasteiger partial charge in [0.1, 0.15) is 0 Å². The molecular formula is C14H17Cl3N2O. The molecule has 1 saturated heterocycles. The average Bonchev–Trinajstić information content (AvgIpc) is 2.42. The first-order valence-corrected chi connectivity index (χ1v) is 7.87. The van der Waals surface area contributed by atoms with Crippen LogP contribution in [0.25, 0.3) is 0 Å². The third-order valence-electron chi connectivity index (χ3n) is 3.36. The second kappa shape index (κ2) is 6.99. The zero-order chi connectivity index (χ0) is 14.7. The van der Waals surface area contributed by atoms with Gasteiger partial charge in [0, 0.05) is 6.54 Å². The predicted molar refractivity (Wildman–Crippen MR) is 85.1 cm³/mol. The summed E-state index contributed by atoms with van der Waals surface area (Å²) in [5.74, 6) is 0.0463. The summed E-state index contributed by atoms with van der Waals surface area (Å²) in [5, 5.41) is 4.52. The number of benzene rings is 1. The molecule has 0 radical (unpaired) electrons. The topological polar surface area (TPSA) is 32.3 Å². The normalized spacial score (nSPS) is 19.5. The Labute approximate surface area is 134 Å². The van der Waals surface area contributed by atoms with Crippen molar-refractivity contribution in [2.24, 2.45) is 0 Å². The van der Waals surface area contributed by atoms with Gasteiger partial charge < -0.3 is 10.2 Å². The van der Waals surface area contributed by atoms with Crippen molar-refractivity contribution in [2.45, 2.75) is 32.2 Å². The standard InChI is InChI=1S/C14H17Cl3N2O/c1-2-5-18-12-4-3-6-19(14(12)20)13-8-10(16)9(15)7-11(13)17/h7-8,12,18H,2-6H2,1H3. The molecule has 1 aliphatic rings. The van der Waals surface area contributed by atoms with Gasteiger partial charge in [0.05, 0.1) is 26.8 Å². The highest BCUT2D eigenvalue weighted by Gasteiger charge is 2.30. The summed E-state index contributed by atoms with van der Waals surface area (Å²) in [5.41, 5.74) is 0.633. The smallest absolute Gasteiger partial charge is 0.244 e. The molecule has 1 amide bonds.